The van der Waals surface area contributed by atoms with E-state index in [0.717, 1.165) is 69.2 Å². The molecule has 0 aromatic heterocycles. The van der Waals surface area contributed by atoms with Crippen LogP contribution in [-0.2, 0) is 62.2 Å². The summed E-state index contributed by atoms with van der Waals surface area (Å²) < 4.78 is 11.3. The SMILES string of the molecule is CCCCCCCCCCC[C@H](O[C@@H]1OC[C@@H](O)[C@H](O)[C@H]1O)[C@H](O)[C@H](O)C[C@@H]1CC(=O)N[C@H](CO)C(=O)N[C@H]([C@H](O)c2ccc(O)cc2)C(=O)N[C@H](CC(N)=O)C(=O)NCC(=O)N[C@@H](CC(N)=O)C(=O)N[C@@H](CO)C(=O)N[C@@H](CC(N)=O)C(=O)N1. The number of amides is 11. The number of nitrogens with one attached hydrogen (secondary N) is 8. The van der Waals surface area contributed by atoms with Crippen molar-refractivity contribution >= 4 is 65.0 Å². The Hall–Kier alpha value is -7.21. The minimum Gasteiger partial charge on any atom is -0.508 e. The number of hydrogen-bond donors (Lipinski definition) is 20. The van der Waals surface area contributed by atoms with Gasteiger partial charge in [-0.1, -0.05) is 76.8 Å². The molecule has 0 saturated carbocycles. The maximum atomic E-state index is 14.2. The van der Waals surface area contributed by atoms with E-state index in [1.807, 2.05) is 5.32 Å². The molecule has 11 amide bonds. The minimum absolute atomic E-state index is 0.0194. The van der Waals surface area contributed by atoms with Gasteiger partial charge in [-0.05, 0) is 30.5 Å². The van der Waals surface area contributed by atoms with Crippen molar-refractivity contribution in [3.63, 3.8) is 0 Å². The van der Waals surface area contributed by atoms with Gasteiger partial charge in [-0.25, -0.2) is 0 Å². The molecule has 33 nitrogen and oxygen atoms in total. The molecule has 23 N–H and O–H groups in total. The van der Waals surface area contributed by atoms with E-state index in [9.17, 15) is 98.7 Å². The third-order valence-electron chi connectivity index (χ3n) is 13.8. The lowest BCUT2D eigenvalue weighted by Gasteiger charge is -2.38. The van der Waals surface area contributed by atoms with Crippen LogP contribution in [0.3, 0.4) is 0 Å². The van der Waals surface area contributed by atoms with Crippen LogP contribution in [0.15, 0.2) is 24.3 Å². The number of nitrogens with two attached hydrogens (primary N) is 3. The predicted octanol–water partition coefficient (Wildman–Crippen LogP) is -8.19. The summed E-state index contributed by atoms with van der Waals surface area (Å²) in [5, 5.41) is 114. The van der Waals surface area contributed by atoms with Gasteiger partial charge in [0.1, 0.15) is 72.5 Å². The summed E-state index contributed by atoms with van der Waals surface area (Å²) in [6, 6.07) is -9.65. The van der Waals surface area contributed by atoms with Gasteiger partial charge < -0.3 is 115 Å². The standard InChI is InChI=1S/C52H83N11O22/c1-2-3-4-5-6-7-8-9-10-11-35(85-52-45(77)44(76)34(68)24-84-52)43(75)33(67)16-26-17-39(72)59-31(22-64)50(82)63-41(42(74)25-12-14-27(66)15-13-25)51(83)61-28(18-36(53)69)46(78)56-21-40(73)58-29(19-37(54)70)48(80)62-32(23-65)49(81)60-30(20-38(55)71)47(79)57-26/h12-15,26,28-35,41-45,52,64-68,74-77H,2-11,16-24H2,1H3,(H2,53,69)(H2,54,70)(H2,55,71)(H,56,78)(H,57,79)(H,58,73)(H,59,72)(H,60,81)(H,61,83)(H,62,80)(H,63,82)/t26-,28-,29+,30+,31-,32+,33-,34-,35+,41-,42-,43-,44+,45-,52+/m1/s1. The number of aliphatic hydroxyl groups is 8. The molecule has 1 aromatic carbocycles. The number of benzene rings is 1. The highest BCUT2D eigenvalue weighted by molar-refractivity contribution is 5.99. The van der Waals surface area contributed by atoms with Crippen LogP contribution in [0.2, 0.25) is 0 Å². The van der Waals surface area contributed by atoms with Gasteiger partial charge in [0.15, 0.2) is 6.29 Å². The molecule has 2 heterocycles. The van der Waals surface area contributed by atoms with Crippen LogP contribution in [-0.4, -0.2) is 223 Å². The Morgan fingerprint density at radius 1 is 0.600 bits per heavy atom. The molecule has 1 aromatic rings. The number of hydrogen-bond acceptors (Lipinski definition) is 22. The molecule has 2 aliphatic rings. The average Bonchev–Trinajstić information content (AvgIpc) is 3.63. The number of ether oxygens (including phenoxy) is 2. The van der Waals surface area contributed by atoms with Crippen molar-refractivity contribution in [1.82, 2.24) is 42.5 Å². The monoisotopic (exact) mass is 1210 g/mol. The molecule has 2 saturated heterocycles. The quantitative estimate of drug-likeness (QED) is 0.0383. The van der Waals surface area contributed by atoms with E-state index >= 15 is 0 Å². The topological polar surface area (TPSA) is 563 Å². The number of phenols is 1. The Morgan fingerprint density at radius 3 is 1.64 bits per heavy atom. The highest BCUT2D eigenvalue weighted by Crippen LogP contribution is 2.25. The van der Waals surface area contributed by atoms with Gasteiger partial charge >= 0.3 is 0 Å². The second-order valence-corrected chi connectivity index (χ2v) is 20.8. The first-order valence-electron chi connectivity index (χ1n) is 27.8. The molecular weight excluding hydrogens is 1130 g/mol. The molecule has 0 aliphatic carbocycles. The van der Waals surface area contributed by atoms with Crippen LogP contribution in [0, 0.1) is 0 Å². The fourth-order valence-corrected chi connectivity index (χ4v) is 9.06. The maximum absolute atomic E-state index is 14.2. The van der Waals surface area contributed by atoms with Crippen LogP contribution >= 0.6 is 0 Å². The third kappa shape index (κ3) is 24.7. The lowest BCUT2D eigenvalue weighted by molar-refractivity contribution is -0.293. The number of unbranched alkanes of at least 4 members (excludes halogenated alkanes) is 8. The first-order chi connectivity index (χ1) is 40.2. The van der Waals surface area contributed by atoms with Crippen molar-refractivity contribution in [2.45, 2.75) is 195 Å². The number of phenolic OH excluding ortho intramolecular Hbond substituents is 1. The molecule has 0 spiro atoms. The zero-order chi connectivity index (χ0) is 63.5. The van der Waals surface area contributed by atoms with Crippen LogP contribution in [0.4, 0.5) is 0 Å². The van der Waals surface area contributed by atoms with Gasteiger partial charge in [0.2, 0.25) is 65.0 Å². The molecule has 478 valence electrons. The molecular formula is C52H83N11O22. The largest absolute Gasteiger partial charge is 0.508 e. The van der Waals surface area contributed by atoms with Crippen molar-refractivity contribution in [1.29, 1.82) is 0 Å². The highest BCUT2D eigenvalue weighted by atomic mass is 16.7. The number of primary amides is 3. The highest BCUT2D eigenvalue weighted by Gasteiger charge is 2.42. The molecule has 0 bridgehead atoms. The van der Waals surface area contributed by atoms with Crippen molar-refractivity contribution in [2.24, 2.45) is 17.2 Å². The molecule has 3 rings (SSSR count). The lowest BCUT2D eigenvalue weighted by Crippen LogP contribution is -2.60. The summed E-state index contributed by atoms with van der Waals surface area (Å²) >= 11 is 0. The Balaban J connectivity index is 2.14. The molecule has 15 atom stereocenters. The normalized spacial score (nSPS) is 27.0. The zero-order valence-corrected chi connectivity index (χ0v) is 47.0. The van der Waals surface area contributed by atoms with E-state index in [1.54, 1.807) is 0 Å². The van der Waals surface area contributed by atoms with E-state index in [-0.39, 0.29) is 17.7 Å². The predicted molar refractivity (Wildman–Crippen MR) is 291 cm³/mol. The molecule has 85 heavy (non-hydrogen) atoms. The molecule has 33 heteroatoms. The second kappa shape index (κ2) is 36.6. The fraction of sp³-hybridized carbons (Fsp3) is 0.673. The van der Waals surface area contributed by atoms with Gasteiger partial charge in [-0.3, -0.25) is 52.7 Å². The number of aliphatic hydroxyl groups excluding tert-OH is 8. The van der Waals surface area contributed by atoms with Gasteiger partial charge in [-0.2, -0.15) is 0 Å². The first kappa shape index (κ1) is 72.1. The Morgan fingerprint density at radius 2 is 1.07 bits per heavy atom. The zero-order valence-electron chi connectivity index (χ0n) is 47.0. The van der Waals surface area contributed by atoms with Crippen LogP contribution < -0.4 is 59.7 Å². The number of carbonyl (C=O) groups is 11. The second-order valence-electron chi connectivity index (χ2n) is 20.8. The minimum atomic E-state index is -2.21. The lowest BCUT2D eigenvalue weighted by atomic mass is 9.94. The molecule has 2 fully saturated rings. The van der Waals surface area contributed by atoms with Crippen molar-refractivity contribution in [3.8, 4) is 5.75 Å². The Kier molecular flexibility index (Phi) is 31.0. The smallest absolute Gasteiger partial charge is 0.246 e. The average molecular weight is 1210 g/mol. The third-order valence-corrected chi connectivity index (χ3v) is 13.8. The van der Waals surface area contributed by atoms with Crippen LogP contribution in [0.25, 0.3) is 0 Å². The molecule has 0 radical (unpaired) electrons. The van der Waals surface area contributed by atoms with Gasteiger partial charge in [0, 0.05) is 12.5 Å². The summed E-state index contributed by atoms with van der Waals surface area (Å²) in [5.41, 5.74) is 15.9. The van der Waals surface area contributed by atoms with E-state index in [0.29, 0.717) is 12.8 Å². The molecule has 2 aliphatic heterocycles. The van der Waals surface area contributed by atoms with Crippen molar-refractivity contribution in [3.05, 3.63) is 29.8 Å². The van der Waals surface area contributed by atoms with E-state index in [2.05, 4.69) is 44.1 Å². The maximum Gasteiger partial charge on any atom is 0.246 e. The van der Waals surface area contributed by atoms with E-state index < -0.39 is 215 Å². The van der Waals surface area contributed by atoms with E-state index in [1.165, 1.54) is 0 Å². The first-order valence-corrected chi connectivity index (χ1v) is 27.8. The molecule has 0 unspecified atom stereocenters. The van der Waals surface area contributed by atoms with Crippen molar-refractivity contribution in [2.75, 3.05) is 26.4 Å². The van der Waals surface area contributed by atoms with E-state index in [4.69, 9.17) is 26.7 Å². The fourth-order valence-electron chi connectivity index (χ4n) is 9.06. The van der Waals surface area contributed by atoms with Crippen molar-refractivity contribution < 1.29 is 108 Å². The Labute approximate surface area is 488 Å². The van der Waals surface area contributed by atoms with Crippen LogP contribution in [0.1, 0.15) is 115 Å². The summed E-state index contributed by atoms with van der Waals surface area (Å²) in [7, 11) is 0. The van der Waals surface area contributed by atoms with Gasteiger partial charge in [0.25, 0.3) is 0 Å². The van der Waals surface area contributed by atoms with Gasteiger partial charge in [-0.15, -0.1) is 0 Å². The van der Waals surface area contributed by atoms with Gasteiger partial charge in [0.05, 0.1) is 57.8 Å². The summed E-state index contributed by atoms with van der Waals surface area (Å²) in [6.07, 6.45) is -11.3. The summed E-state index contributed by atoms with van der Waals surface area (Å²) in [4.78, 5) is 147. The summed E-state index contributed by atoms with van der Waals surface area (Å²) in [5.74, 6) is -14.7. The number of carbonyl (C=O) groups excluding carboxylic acids is 11. The van der Waals surface area contributed by atoms with Crippen LogP contribution in [0.5, 0.6) is 5.75 Å². The summed E-state index contributed by atoms with van der Waals surface area (Å²) in [6.45, 7) is -2.00. The number of aromatic hydroxyl groups is 1. The number of rotatable bonds is 26. The Bertz CT molecular complexity index is 2410.